The van der Waals surface area contributed by atoms with E-state index in [1.807, 2.05) is 12.1 Å². The number of methoxy groups -OCH3 is 1. The molecule has 0 radical (unpaired) electrons. The monoisotopic (exact) mass is 251 g/mol. The molecule has 0 spiro atoms. The van der Waals surface area contributed by atoms with Gasteiger partial charge in [0.15, 0.2) is 0 Å². The first-order valence-corrected chi connectivity index (χ1v) is 6.59. The van der Waals surface area contributed by atoms with E-state index in [-0.39, 0.29) is 12.6 Å². The summed E-state index contributed by atoms with van der Waals surface area (Å²) >= 11 is 0. The smallest absolute Gasteiger partial charge is 0.118 e. The molecule has 0 saturated carbocycles. The normalized spacial score (nSPS) is 14.6. The molecule has 2 N–H and O–H groups in total. The van der Waals surface area contributed by atoms with Crippen LogP contribution in [-0.4, -0.2) is 24.9 Å². The van der Waals surface area contributed by atoms with Crippen molar-refractivity contribution in [3.05, 3.63) is 29.8 Å². The highest BCUT2D eigenvalue weighted by Gasteiger charge is 2.16. The third-order valence-corrected chi connectivity index (χ3v) is 3.32. The van der Waals surface area contributed by atoms with Crippen LogP contribution in [-0.2, 0) is 0 Å². The van der Waals surface area contributed by atoms with E-state index in [1.165, 1.54) is 5.56 Å². The zero-order valence-corrected chi connectivity index (χ0v) is 11.8. The molecular formula is C15H25NO2. The predicted molar refractivity (Wildman–Crippen MR) is 74.9 cm³/mol. The van der Waals surface area contributed by atoms with Gasteiger partial charge in [-0.15, -0.1) is 0 Å². The van der Waals surface area contributed by atoms with Gasteiger partial charge in [-0.3, -0.25) is 0 Å². The first-order valence-electron chi connectivity index (χ1n) is 6.59. The number of benzene rings is 1. The fourth-order valence-corrected chi connectivity index (χ4v) is 2.06. The fraction of sp³-hybridized carbons (Fsp3) is 0.600. The summed E-state index contributed by atoms with van der Waals surface area (Å²) in [6, 6.07) is 8.72. The predicted octanol–water partition coefficient (Wildman–Crippen LogP) is 2.75. The van der Waals surface area contributed by atoms with Gasteiger partial charge in [0, 0.05) is 18.7 Å². The Hall–Kier alpha value is -1.06. The highest BCUT2D eigenvalue weighted by Crippen LogP contribution is 2.19. The lowest BCUT2D eigenvalue weighted by Crippen LogP contribution is -2.36. The molecule has 0 aromatic heterocycles. The molecule has 18 heavy (non-hydrogen) atoms. The summed E-state index contributed by atoms with van der Waals surface area (Å²) in [7, 11) is 1.67. The van der Waals surface area contributed by atoms with Gasteiger partial charge in [0.25, 0.3) is 0 Å². The molecule has 0 aliphatic heterocycles. The van der Waals surface area contributed by atoms with Gasteiger partial charge in [-0.25, -0.2) is 0 Å². The largest absolute Gasteiger partial charge is 0.497 e. The topological polar surface area (TPSA) is 41.5 Å². The second-order valence-electron chi connectivity index (χ2n) is 5.02. The quantitative estimate of drug-likeness (QED) is 0.783. The molecule has 0 bridgehead atoms. The molecule has 0 amide bonds. The lowest BCUT2D eigenvalue weighted by Gasteiger charge is -2.26. The number of aliphatic hydroxyl groups is 1. The van der Waals surface area contributed by atoms with Crippen LogP contribution in [0.25, 0.3) is 0 Å². The first-order chi connectivity index (χ1) is 8.58. The van der Waals surface area contributed by atoms with Crippen molar-refractivity contribution in [3.8, 4) is 5.75 Å². The lowest BCUT2D eigenvalue weighted by molar-refractivity contribution is 0.237. The zero-order valence-electron chi connectivity index (χ0n) is 11.8. The van der Waals surface area contributed by atoms with E-state index < -0.39 is 0 Å². The van der Waals surface area contributed by atoms with Crippen LogP contribution in [0.3, 0.4) is 0 Å². The van der Waals surface area contributed by atoms with Crippen LogP contribution in [0.2, 0.25) is 0 Å². The highest BCUT2D eigenvalue weighted by atomic mass is 16.5. The summed E-state index contributed by atoms with van der Waals surface area (Å²) < 4.78 is 5.15. The van der Waals surface area contributed by atoms with Gasteiger partial charge >= 0.3 is 0 Å². The number of hydrogen-bond donors (Lipinski definition) is 2. The minimum atomic E-state index is 0.227. The van der Waals surface area contributed by atoms with E-state index in [4.69, 9.17) is 9.84 Å². The summed E-state index contributed by atoms with van der Waals surface area (Å²) in [6.45, 7) is 6.72. The van der Waals surface area contributed by atoms with Crippen LogP contribution in [0.5, 0.6) is 5.75 Å². The molecule has 1 aromatic carbocycles. The van der Waals surface area contributed by atoms with Gasteiger partial charge in [-0.2, -0.15) is 0 Å². The maximum absolute atomic E-state index is 9.08. The molecule has 3 heteroatoms. The van der Waals surface area contributed by atoms with E-state index >= 15 is 0 Å². The molecule has 0 heterocycles. The van der Waals surface area contributed by atoms with E-state index in [0.29, 0.717) is 12.0 Å². The van der Waals surface area contributed by atoms with E-state index in [2.05, 4.69) is 38.2 Å². The van der Waals surface area contributed by atoms with Crippen molar-refractivity contribution >= 4 is 0 Å². The average molecular weight is 251 g/mol. The van der Waals surface area contributed by atoms with Crippen LogP contribution >= 0.6 is 0 Å². The van der Waals surface area contributed by atoms with Gasteiger partial charge in [0.2, 0.25) is 0 Å². The van der Waals surface area contributed by atoms with Crippen molar-refractivity contribution in [2.75, 3.05) is 13.7 Å². The Kier molecular flexibility index (Phi) is 6.16. The van der Waals surface area contributed by atoms with Crippen molar-refractivity contribution < 1.29 is 9.84 Å². The van der Waals surface area contributed by atoms with E-state index in [9.17, 15) is 0 Å². The highest BCUT2D eigenvalue weighted by molar-refractivity contribution is 5.28. The van der Waals surface area contributed by atoms with Gasteiger partial charge in [0.05, 0.1) is 7.11 Å². The maximum Gasteiger partial charge on any atom is 0.118 e. The first kappa shape index (κ1) is 15.0. The number of rotatable bonds is 7. The Morgan fingerprint density at radius 3 is 2.22 bits per heavy atom. The van der Waals surface area contributed by atoms with Crippen molar-refractivity contribution in [2.45, 2.75) is 39.3 Å². The number of hydrogen-bond acceptors (Lipinski definition) is 3. The third kappa shape index (κ3) is 4.31. The molecule has 0 aliphatic rings. The number of ether oxygens (including phenoxy) is 1. The maximum atomic E-state index is 9.08. The summed E-state index contributed by atoms with van der Waals surface area (Å²) in [5.74, 6) is 1.39. The second-order valence-corrected chi connectivity index (χ2v) is 5.02. The minimum Gasteiger partial charge on any atom is -0.497 e. The standard InChI is InChI=1S/C15H25NO2/c1-11(2)15(9-10-17)16-12(3)13-5-7-14(18-4)8-6-13/h5-8,11-12,15-17H,9-10H2,1-4H3. The Labute approximate surface area is 110 Å². The minimum absolute atomic E-state index is 0.227. The van der Waals surface area contributed by atoms with Crippen LogP contribution in [0, 0.1) is 5.92 Å². The van der Waals surface area contributed by atoms with Crippen LogP contribution < -0.4 is 10.1 Å². The molecule has 0 aliphatic carbocycles. The molecule has 2 unspecified atom stereocenters. The van der Waals surface area contributed by atoms with Crippen LogP contribution in [0.15, 0.2) is 24.3 Å². The molecule has 0 fully saturated rings. The Bertz CT molecular complexity index is 335. The molecule has 1 rings (SSSR count). The van der Waals surface area contributed by atoms with Crippen molar-refractivity contribution in [3.63, 3.8) is 0 Å². The average Bonchev–Trinajstić information content (AvgIpc) is 2.38. The molecule has 102 valence electrons. The van der Waals surface area contributed by atoms with Crippen molar-refractivity contribution in [2.24, 2.45) is 5.92 Å². The van der Waals surface area contributed by atoms with Crippen LogP contribution in [0.1, 0.15) is 38.8 Å². The molecule has 2 atom stereocenters. The van der Waals surface area contributed by atoms with E-state index in [0.717, 1.165) is 12.2 Å². The summed E-state index contributed by atoms with van der Waals surface area (Å²) in [4.78, 5) is 0. The third-order valence-electron chi connectivity index (χ3n) is 3.32. The fourth-order valence-electron chi connectivity index (χ4n) is 2.06. The molecule has 1 aromatic rings. The van der Waals surface area contributed by atoms with Crippen LogP contribution in [0.4, 0.5) is 0 Å². The summed E-state index contributed by atoms with van der Waals surface area (Å²) in [6.07, 6.45) is 0.790. The number of aliphatic hydroxyl groups excluding tert-OH is 1. The molecular weight excluding hydrogens is 226 g/mol. The summed E-state index contributed by atoms with van der Waals surface area (Å²) in [5, 5.41) is 12.7. The van der Waals surface area contributed by atoms with Gasteiger partial charge in [-0.1, -0.05) is 26.0 Å². The van der Waals surface area contributed by atoms with Crippen molar-refractivity contribution in [1.29, 1.82) is 0 Å². The number of nitrogens with one attached hydrogen (secondary N) is 1. The Balaban J connectivity index is 2.64. The SMILES string of the molecule is COc1ccc(C(C)NC(CCO)C(C)C)cc1. The Morgan fingerprint density at radius 2 is 1.78 bits per heavy atom. The van der Waals surface area contributed by atoms with Gasteiger partial charge in [-0.05, 0) is 37.0 Å². The zero-order chi connectivity index (χ0) is 13.5. The molecule has 3 nitrogen and oxygen atoms in total. The van der Waals surface area contributed by atoms with Crippen molar-refractivity contribution in [1.82, 2.24) is 5.32 Å². The summed E-state index contributed by atoms with van der Waals surface area (Å²) in [5.41, 5.74) is 1.24. The van der Waals surface area contributed by atoms with E-state index in [1.54, 1.807) is 7.11 Å². The van der Waals surface area contributed by atoms with Gasteiger partial charge in [0.1, 0.15) is 5.75 Å². The van der Waals surface area contributed by atoms with Gasteiger partial charge < -0.3 is 15.2 Å². The molecule has 0 saturated heterocycles. The second kappa shape index (κ2) is 7.39. The Morgan fingerprint density at radius 1 is 1.17 bits per heavy atom. The lowest BCUT2D eigenvalue weighted by atomic mass is 9.98.